The van der Waals surface area contributed by atoms with Crippen molar-refractivity contribution in [1.29, 1.82) is 0 Å². The lowest BCUT2D eigenvalue weighted by atomic mass is 10.2. The summed E-state index contributed by atoms with van der Waals surface area (Å²) in [6.45, 7) is 0. The number of benzene rings is 1. The first-order valence-corrected chi connectivity index (χ1v) is 5.90. The van der Waals surface area contributed by atoms with Gasteiger partial charge in [-0.05, 0) is 24.3 Å². The van der Waals surface area contributed by atoms with Crippen molar-refractivity contribution >= 4 is 42.8 Å². The van der Waals surface area contributed by atoms with Crippen LogP contribution in [0.5, 0.6) is 0 Å². The number of fused-ring (bicyclic) bond motifs is 5. The van der Waals surface area contributed by atoms with E-state index in [0.717, 1.165) is 21.4 Å². The fourth-order valence-corrected chi connectivity index (χ4v) is 3.16. The van der Waals surface area contributed by atoms with Crippen LogP contribution in [0.1, 0.15) is 0 Å². The third kappa shape index (κ3) is 0.933. The molecule has 2 nitrogen and oxygen atoms in total. The zero-order valence-electron chi connectivity index (χ0n) is 8.31. The van der Waals surface area contributed by atoms with Gasteiger partial charge < -0.3 is 4.42 Å². The van der Waals surface area contributed by atoms with Crippen molar-refractivity contribution in [3.63, 3.8) is 0 Å². The van der Waals surface area contributed by atoms with Crippen molar-refractivity contribution in [2.45, 2.75) is 0 Å². The fraction of sp³-hybridized carbons (Fsp3) is 0. The van der Waals surface area contributed by atoms with E-state index in [1.165, 1.54) is 10.1 Å². The van der Waals surface area contributed by atoms with Crippen molar-refractivity contribution in [2.24, 2.45) is 0 Å². The highest BCUT2D eigenvalue weighted by Gasteiger charge is 2.13. The van der Waals surface area contributed by atoms with Crippen LogP contribution in [0.4, 0.5) is 0 Å². The summed E-state index contributed by atoms with van der Waals surface area (Å²) >= 11 is 1.74. The lowest BCUT2D eigenvalue weighted by Gasteiger charge is -1.87. The Balaban J connectivity index is 2.35. The van der Waals surface area contributed by atoms with Crippen LogP contribution >= 0.6 is 11.3 Å². The molecule has 0 saturated carbocycles. The highest BCUT2D eigenvalue weighted by Crippen LogP contribution is 2.39. The highest BCUT2D eigenvalue weighted by molar-refractivity contribution is 7.26. The number of pyridine rings is 1. The summed E-state index contributed by atoms with van der Waals surface area (Å²) in [5.74, 6) is 0. The van der Waals surface area contributed by atoms with Crippen molar-refractivity contribution < 1.29 is 4.42 Å². The van der Waals surface area contributed by atoms with Gasteiger partial charge in [-0.2, -0.15) is 0 Å². The van der Waals surface area contributed by atoms with E-state index >= 15 is 0 Å². The predicted molar refractivity (Wildman–Crippen MR) is 66.9 cm³/mol. The average Bonchev–Trinajstić information content (AvgIpc) is 2.85. The molecule has 0 spiro atoms. The van der Waals surface area contributed by atoms with Crippen molar-refractivity contribution in [2.75, 3.05) is 0 Å². The van der Waals surface area contributed by atoms with Crippen LogP contribution in [0.25, 0.3) is 31.5 Å². The summed E-state index contributed by atoms with van der Waals surface area (Å²) in [6.07, 6.45) is 1.81. The van der Waals surface area contributed by atoms with Gasteiger partial charge in [-0.15, -0.1) is 11.3 Å². The molecular formula is C13H7NOS. The minimum atomic E-state index is 0.870. The molecule has 3 heteroatoms. The van der Waals surface area contributed by atoms with Gasteiger partial charge >= 0.3 is 0 Å². The van der Waals surface area contributed by atoms with Crippen molar-refractivity contribution in [3.05, 3.63) is 42.6 Å². The number of rotatable bonds is 0. The van der Waals surface area contributed by atoms with Crippen LogP contribution in [0.15, 0.2) is 47.0 Å². The number of nitrogens with zero attached hydrogens (tertiary/aromatic N) is 1. The van der Waals surface area contributed by atoms with E-state index in [-0.39, 0.29) is 0 Å². The predicted octanol–water partition coefficient (Wildman–Crippen LogP) is 4.20. The summed E-state index contributed by atoms with van der Waals surface area (Å²) in [6, 6.07) is 12.2. The Labute approximate surface area is 95.1 Å². The molecule has 0 radical (unpaired) electrons. The minimum Gasteiger partial charge on any atom is -0.453 e. The van der Waals surface area contributed by atoms with Crippen LogP contribution in [-0.2, 0) is 0 Å². The van der Waals surface area contributed by atoms with Crippen LogP contribution in [0.3, 0.4) is 0 Å². The van der Waals surface area contributed by atoms with Crippen LogP contribution < -0.4 is 0 Å². The van der Waals surface area contributed by atoms with Gasteiger partial charge in [0.2, 0.25) is 0 Å². The Morgan fingerprint density at radius 1 is 1.06 bits per heavy atom. The molecule has 0 saturated heterocycles. The molecule has 76 valence electrons. The van der Waals surface area contributed by atoms with Crippen LogP contribution in [0.2, 0.25) is 0 Å². The van der Waals surface area contributed by atoms with Gasteiger partial charge in [-0.3, -0.25) is 4.98 Å². The summed E-state index contributed by atoms with van der Waals surface area (Å²) in [5, 5.41) is 1.18. The van der Waals surface area contributed by atoms with Gasteiger partial charge in [0.25, 0.3) is 0 Å². The number of hydrogen-bond donors (Lipinski definition) is 0. The highest BCUT2D eigenvalue weighted by atomic mass is 32.1. The molecule has 0 unspecified atom stereocenters. The van der Waals surface area contributed by atoms with E-state index in [0.29, 0.717) is 0 Å². The maximum absolute atomic E-state index is 5.85. The monoisotopic (exact) mass is 225 g/mol. The first kappa shape index (κ1) is 8.30. The average molecular weight is 225 g/mol. The second-order valence-corrected chi connectivity index (χ2v) is 4.76. The largest absolute Gasteiger partial charge is 0.453 e. The summed E-state index contributed by atoms with van der Waals surface area (Å²) in [5.41, 5.74) is 2.81. The standard InChI is InChI=1S/C13H7NOS/c1-2-6-10-8(4-1)12-13(16-10)11-9(15-12)5-3-7-14-11/h1-7H. The molecule has 0 atom stereocenters. The molecule has 4 rings (SSSR count). The van der Waals surface area contributed by atoms with Gasteiger partial charge in [0, 0.05) is 16.3 Å². The zero-order chi connectivity index (χ0) is 10.5. The molecule has 0 aliphatic carbocycles. The van der Waals surface area contributed by atoms with E-state index < -0.39 is 0 Å². The fourth-order valence-electron chi connectivity index (χ4n) is 2.03. The van der Waals surface area contributed by atoms with Crippen molar-refractivity contribution in [3.8, 4) is 0 Å². The molecule has 0 fully saturated rings. The smallest absolute Gasteiger partial charge is 0.155 e. The first-order valence-electron chi connectivity index (χ1n) is 5.08. The van der Waals surface area contributed by atoms with Gasteiger partial charge in [-0.25, -0.2) is 0 Å². The molecule has 0 aliphatic rings. The molecule has 16 heavy (non-hydrogen) atoms. The molecule has 0 N–H and O–H groups in total. The van der Waals surface area contributed by atoms with E-state index in [1.807, 2.05) is 30.5 Å². The number of hydrogen-bond acceptors (Lipinski definition) is 3. The topological polar surface area (TPSA) is 26.0 Å². The second kappa shape index (κ2) is 2.83. The summed E-state index contributed by atoms with van der Waals surface area (Å²) < 4.78 is 8.26. The van der Waals surface area contributed by atoms with Crippen LogP contribution in [0, 0.1) is 0 Å². The van der Waals surface area contributed by atoms with Gasteiger partial charge in [0.05, 0.1) is 0 Å². The third-order valence-electron chi connectivity index (χ3n) is 2.75. The van der Waals surface area contributed by atoms with Crippen molar-refractivity contribution in [1.82, 2.24) is 4.98 Å². The van der Waals surface area contributed by atoms with E-state index in [4.69, 9.17) is 4.42 Å². The molecular weight excluding hydrogens is 218 g/mol. The Bertz CT molecular complexity index is 743. The Kier molecular flexibility index (Phi) is 1.47. The Morgan fingerprint density at radius 2 is 2.00 bits per heavy atom. The number of aromatic nitrogens is 1. The molecule has 1 aromatic carbocycles. The molecule has 0 aliphatic heterocycles. The summed E-state index contributed by atoms with van der Waals surface area (Å²) in [7, 11) is 0. The van der Waals surface area contributed by atoms with E-state index in [2.05, 4.69) is 17.1 Å². The first-order chi connectivity index (χ1) is 7.93. The molecule has 0 bridgehead atoms. The zero-order valence-corrected chi connectivity index (χ0v) is 9.12. The molecule has 3 heterocycles. The van der Waals surface area contributed by atoms with Gasteiger partial charge in [0.15, 0.2) is 11.2 Å². The minimum absolute atomic E-state index is 0.870. The van der Waals surface area contributed by atoms with Gasteiger partial charge in [0.1, 0.15) is 10.2 Å². The van der Waals surface area contributed by atoms with E-state index in [9.17, 15) is 0 Å². The maximum Gasteiger partial charge on any atom is 0.155 e. The SMILES string of the molecule is c1cnc2c(c1)oc1c3ccccc3sc21. The van der Waals surface area contributed by atoms with E-state index in [1.54, 1.807) is 11.3 Å². The van der Waals surface area contributed by atoms with Crippen LogP contribution in [-0.4, -0.2) is 4.98 Å². The summed E-state index contributed by atoms with van der Waals surface area (Å²) in [4.78, 5) is 4.38. The third-order valence-corrected chi connectivity index (χ3v) is 3.91. The lowest BCUT2D eigenvalue weighted by molar-refractivity contribution is 0.672. The maximum atomic E-state index is 5.85. The number of thiophene rings is 1. The molecule has 4 aromatic rings. The second-order valence-electron chi connectivity index (χ2n) is 3.71. The Hall–Kier alpha value is -1.87. The normalized spacial score (nSPS) is 11.8. The quantitative estimate of drug-likeness (QED) is 0.448. The molecule has 3 aromatic heterocycles. The number of furan rings is 1. The van der Waals surface area contributed by atoms with Gasteiger partial charge in [-0.1, -0.05) is 12.1 Å². The Morgan fingerprint density at radius 3 is 3.00 bits per heavy atom. The lowest BCUT2D eigenvalue weighted by Crippen LogP contribution is -1.68. The molecule has 0 amide bonds.